The van der Waals surface area contributed by atoms with E-state index in [1.807, 2.05) is 0 Å². The van der Waals surface area contributed by atoms with E-state index in [2.05, 4.69) is 64.7 Å². The van der Waals surface area contributed by atoms with Gasteiger partial charge >= 0.3 is 0 Å². The molecule has 3 heteroatoms. The third kappa shape index (κ3) is 1.61. The van der Waals surface area contributed by atoms with Gasteiger partial charge in [-0.1, -0.05) is 0 Å². The van der Waals surface area contributed by atoms with E-state index in [0.717, 1.165) is 13.1 Å². The van der Waals surface area contributed by atoms with Gasteiger partial charge in [-0.3, -0.25) is 0 Å². The van der Waals surface area contributed by atoms with Crippen LogP contribution in [0.15, 0.2) is 18.2 Å². The zero-order valence-corrected chi connectivity index (χ0v) is 10.1. The number of rotatable bonds is 0. The highest BCUT2D eigenvalue weighted by Gasteiger charge is 2.16. The van der Waals surface area contributed by atoms with E-state index in [9.17, 15) is 0 Å². The Morgan fingerprint density at radius 2 is 1.69 bits per heavy atom. The lowest BCUT2D eigenvalue weighted by Crippen LogP contribution is -2.36. The van der Waals surface area contributed by atoms with Gasteiger partial charge in [0.1, 0.15) is 0 Å². The number of hydrogen-bond acceptors (Lipinski definition) is 2. The molecule has 0 aliphatic carbocycles. The molecular weight excluding hydrogens is 275 g/mol. The van der Waals surface area contributed by atoms with Crippen LogP contribution in [0.3, 0.4) is 0 Å². The summed E-state index contributed by atoms with van der Waals surface area (Å²) < 4.78 is 1.30. The summed E-state index contributed by atoms with van der Waals surface area (Å²) in [7, 11) is 4.31. The number of likely N-dealkylation sites (N-methyl/N-ethyl adjacent to an activating group) is 2. The lowest BCUT2D eigenvalue weighted by atomic mass is 10.2. The number of benzene rings is 1. The molecule has 0 bridgehead atoms. The first kappa shape index (κ1) is 9.12. The summed E-state index contributed by atoms with van der Waals surface area (Å²) in [6.07, 6.45) is 0. The molecule has 2 nitrogen and oxygen atoms in total. The van der Waals surface area contributed by atoms with Crippen molar-refractivity contribution in [2.75, 3.05) is 37.0 Å². The molecule has 0 N–H and O–H groups in total. The standard InChI is InChI=1S/C10H13IN2/c1-12-5-6-13(2)10-7-8(11)3-4-9(10)12/h3-4,7H,5-6H2,1-2H3. The molecule has 0 unspecified atom stereocenters. The van der Waals surface area contributed by atoms with E-state index >= 15 is 0 Å². The summed E-state index contributed by atoms with van der Waals surface area (Å²) in [5.41, 5.74) is 2.69. The minimum Gasteiger partial charge on any atom is -0.371 e. The lowest BCUT2D eigenvalue weighted by Gasteiger charge is -2.34. The third-order valence-electron chi connectivity index (χ3n) is 2.53. The van der Waals surface area contributed by atoms with Crippen LogP contribution < -0.4 is 9.80 Å². The molecule has 0 atom stereocenters. The maximum Gasteiger partial charge on any atom is 0.0612 e. The highest BCUT2D eigenvalue weighted by molar-refractivity contribution is 14.1. The van der Waals surface area contributed by atoms with Crippen molar-refractivity contribution in [2.45, 2.75) is 0 Å². The van der Waals surface area contributed by atoms with Gasteiger partial charge in [0.15, 0.2) is 0 Å². The van der Waals surface area contributed by atoms with Crippen molar-refractivity contribution in [1.82, 2.24) is 0 Å². The molecule has 1 heterocycles. The van der Waals surface area contributed by atoms with Gasteiger partial charge in [-0.2, -0.15) is 0 Å². The van der Waals surface area contributed by atoms with Gasteiger partial charge in [-0.15, -0.1) is 0 Å². The molecule has 1 aliphatic rings. The third-order valence-corrected chi connectivity index (χ3v) is 3.20. The molecule has 0 spiro atoms. The Bertz CT molecular complexity index is 325. The van der Waals surface area contributed by atoms with Crippen LogP contribution in [0.5, 0.6) is 0 Å². The maximum absolute atomic E-state index is 2.36. The average molecular weight is 288 g/mol. The van der Waals surface area contributed by atoms with E-state index in [0.29, 0.717) is 0 Å². The quantitative estimate of drug-likeness (QED) is 0.675. The molecule has 2 rings (SSSR count). The van der Waals surface area contributed by atoms with E-state index in [1.54, 1.807) is 0 Å². The van der Waals surface area contributed by atoms with Crippen molar-refractivity contribution in [2.24, 2.45) is 0 Å². The highest BCUT2D eigenvalue weighted by Crippen LogP contribution is 2.32. The SMILES string of the molecule is CN1CCN(C)c2cc(I)ccc21. The fourth-order valence-corrected chi connectivity index (χ4v) is 2.14. The molecule has 0 fully saturated rings. The van der Waals surface area contributed by atoms with Crippen molar-refractivity contribution in [1.29, 1.82) is 0 Å². The maximum atomic E-state index is 2.36. The van der Waals surface area contributed by atoms with E-state index < -0.39 is 0 Å². The number of halogens is 1. The summed E-state index contributed by atoms with van der Waals surface area (Å²) in [6, 6.07) is 6.60. The molecule has 1 aliphatic heterocycles. The molecule has 0 saturated heterocycles. The van der Waals surface area contributed by atoms with Gasteiger partial charge in [0.25, 0.3) is 0 Å². The van der Waals surface area contributed by atoms with Gasteiger partial charge in [0.05, 0.1) is 11.4 Å². The van der Waals surface area contributed by atoms with Crippen LogP contribution in [0, 0.1) is 3.57 Å². The molecule has 70 valence electrons. The first-order valence-electron chi connectivity index (χ1n) is 4.40. The zero-order valence-electron chi connectivity index (χ0n) is 7.92. The Balaban J connectivity index is 2.50. The average Bonchev–Trinajstić information content (AvgIpc) is 2.12. The van der Waals surface area contributed by atoms with Crippen molar-refractivity contribution in [3.63, 3.8) is 0 Å². The van der Waals surface area contributed by atoms with E-state index in [-0.39, 0.29) is 0 Å². The molecule has 0 saturated carbocycles. The second-order valence-electron chi connectivity index (χ2n) is 3.48. The van der Waals surface area contributed by atoms with Crippen LogP contribution in [0.25, 0.3) is 0 Å². The Labute approximate surface area is 92.7 Å². The molecule has 1 aromatic rings. The van der Waals surface area contributed by atoms with E-state index in [1.165, 1.54) is 14.9 Å². The first-order chi connectivity index (χ1) is 6.18. The monoisotopic (exact) mass is 288 g/mol. The summed E-state index contributed by atoms with van der Waals surface area (Å²) in [6.45, 7) is 2.23. The second-order valence-corrected chi connectivity index (χ2v) is 4.72. The fraction of sp³-hybridized carbons (Fsp3) is 0.400. The summed E-state index contributed by atoms with van der Waals surface area (Å²) >= 11 is 2.36. The Hall–Kier alpha value is -0.450. The summed E-state index contributed by atoms with van der Waals surface area (Å²) in [4.78, 5) is 4.63. The Morgan fingerprint density at radius 3 is 2.38 bits per heavy atom. The fourth-order valence-electron chi connectivity index (χ4n) is 1.67. The van der Waals surface area contributed by atoms with Crippen LogP contribution in [-0.4, -0.2) is 27.2 Å². The van der Waals surface area contributed by atoms with Gasteiger partial charge in [0.2, 0.25) is 0 Å². The largest absolute Gasteiger partial charge is 0.371 e. The molecule has 1 aromatic carbocycles. The first-order valence-corrected chi connectivity index (χ1v) is 5.48. The van der Waals surface area contributed by atoms with Gasteiger partial charge in [-0.05, 0) is 40.8 Å². The van der Waals surface area contributed by atoms with E-state index in [4.69, 9.17) is 0 Å². The smallest absolute Gasteiger partial charge is 0.0612 e. The van der Waals surface area contributed by atoms with Crippen molar-refractivity contribution >= 4 is 34.0 Å². The Morgan fingerprint density at radius 1 is 1.08 bits per heavy atom. The van der Waals surface area contributed by atoms with Crippen molar-refractivity contribution in [3.05, 3.63) is 21.8 Å². The molecule has 0 aromatic heterocycles. The Kier molecular flexibility index (Phi) is 2.36. The van der Waals surface area contributed by atoms with Crippen molar-refractivity contribution in [3.8, 4) is 0 Å². The van der Waals surface area contributed by atoms with Crippen LogP contribution in [0.4, 0.5) is 11.4 Å². The van der Waals surface area contributed by atoms with Crippen LogP contribution in [0.1, 0.15) is 0 Å². The minimum absolute atomic E-state index is 1.11. The number of nitrogens with zero attached hydrogens (tertiary/aromatic N) is 2. The van der Waals surface area contributed by atoms with Crippen LogP contribution >= 0.6 is 22.6 Å². The predicted octanol–water partition coefficient (Wildman–Crippen LogP) is 2.18. The van der Waals surface area contributed by atoms with Gasteiger partial charge < -0.3 is 9.80 Å². The number of fused-ring (bicyclic) bond motifs is 1. The van der Waals surface area contributed by atoms with Crippen LogP contribution in [0.2, 0.25) is 0 Å². The lowest BCUT2D eigenvalue weighted by molar-refractivity contribution is 0.797. The van der Waals surface area contributed by atoms with Gasteiger partial charge in [0, 0.05) is 30.8 Å². The normalized spacial score (nSPS) is 15.9. The van der Waals surface area contributed by atoms with Gasteiger partial charge in [-0.25, -0.2) is 0 Å². The predicted molar refractivity (Wildman–Crippen MR) is 65.7 cm³/mol. The number of hydrogen-bond donors (Lipinski definition) is 0. The second kappa shape index (κ2) is 3.36. The molecule has 13 heavy (non-hydrogen) atoms. The van der Waals surface area contributed by atoms with Crippen LogP contribution in [-0.2, 0) is 0 Å². The summed E-state index contributed by atoms with van der Waals surface area (Å²) in [5.74, 6) is 0. The number of anilines is 2. The minimum atomic E-state index is 1.11. The zero-order chi connectivity index (χ0) is 9.42. The molecular formula is C10H13IN2. The van der Waals surface area contributed by atoms with Crippen molar-refractivity contribution < 1.29 is 0 Å². The molecule has 0 amide bonds. The summed E-state index contributed by atoms with van der Waals surface area (Å²) in [5, 5.41) is 0. The highest BCUT2D eigenvalue weighted by atomic mass is 127. The molecule has 0 radical (unpaired) electrons. The topological polar surface area (TPSA) is 6.48 Å².